The van der Waals surface area contributed by atoms with Crippen molar-refractivity contribution in [1.29, 1.82) is 0 Å². The van der Waals surface area contributed by atoms with Crippen molar-refractivity contribution >= 4 is 23.0 Å². The highest BCUT2D eigenvalue weighted by Gasteiger charge is 2.22. The Bertz CT molecular complexity index is 879. The monoisotopic (exact) mass is 393 g/mol. The lowest BCUT2D eigenvalue weighted by atomic mass is 10.0. The zero-order valence-corrected chi connectivity index (χ0v) is 16.7. The second-order valence-corrected chi connectivity index (χ2v) is 7.74. The van der Waals surface area contributed by atoms with Crippen LogP contribution >= 0.6 is 11.3 Å². The zero-order valence-electron chi connectivity index (χ0n) is 15.9. The van der Waals surface area contributed by atoms with Crippen molar-refractivity contribution in [3.8, 4) is 0 Å². The molecule has 0 aliphatic carbocycles. The van der Waals surface area contributed by atoms with Gasteiger partial charge in [0.25, 0.3) is 5.91 Å². The largest absolute Gasteiger partial charge is 0.341 e. The molecule has 1 amide bonds. The number of Topliss-reactive ketones (excluding diaryl/α,β-unsaturated/α-hetero) is 1. The van der Waals surface area contributed by atoms with E-state index in [1.807, 2.05) is 65.3 Å². The number of nitrogens with one attached hydrogen (secondary N) is 1. The van der Waals surface area contributed by atoms with Crippen LogP contribution in [0.2, 0.25) is 0 Å². The van der Waals surface area contributed by atoms with E-state index in [0.717, 1.165) is 11.1 Å². The maximum absolute atomic E-state index is 12.6. The number of carbonyl (C=O) groups is 2. The van der Waals surface area contributed by atoms with Crippen molar-refractivity contribution in [3.63, 3.8) is 0 Å². The molecule has 144 valence electrons. The van der Waals surface area contributed by atoms with Gasteiger partial charge in [0.05, 0.1) is 10.9 Å². The Labute approximate surface area is 169 Å². The number of thiophene rings is 1. The second kappa shape index (κ2) is 9.97. The van der Waals surface area contributed by atoms with Crippen molar-refractivity contribution in [3.05, 3.63) is 94.2 Å². The minimum Gasteiger partial charge on any atom is -0.341 e. The predicted molar refractivity (Wildman–Crippen MR) is 112 cm³/mol. The Morgan fingerprint density at radius 3 is 2.25 bits per heavy atom. The standard InChI is InChI=1S/C23H24N2O2S/c1-17(26)20(15-18-9-4-2-5-10-18)25-22(27)16-24-23(21-13-8-14-28-21)19-11-6-3-7-12-19/h2-14,20,23-24H,15-16H2,1H3,(H,25,27)/p+1/t20-,23-/m0/s1. The summed E-state index contributed by atoms with van der Waals surface area (Å²) in [5.41, 5.74) is 2.19. The van der Waals surface area contributed by atoms with Gasteiger partial charge in [0.1, 0.15) is 6.04 Å². The molecule has 0 saturated carbocycles. The van der Waals surface area contributed by atoms with Gasteiger partial charge in [-0.3, -0.25) is 9.59 Å². The molecule has 28 heavy (non-hydrogen) atoms. The van der Waals surface area contributed by atoms with E-state index in [2.05, 4.69) is 23.5 Å². The normalized spacial score (nSPS) is 12.9. The highest BCUT2D eigenvalue weighted by molar-refractivity contribution is 7.10. The summed E-state index contributed by atoms with van der Waals surface area (Å²) in [6.45, 7) is 1.78. The van der Waals surface area contributed by atoms with Gasteiger partial charge < -0.3 is 10.6 Å². The van der Waals surface area contributed by atoms with E-state index in [0.29, 0.717) is 6.42 Å². The number of amides is 1. The van der Waals surface area contributed by atoms with Gasteiger partial charge in [-0.05, 0) is 30.4 Å². The summed E-state index contributed by atoms with van der Waals surface area (Å²) in [4.78, 5) is 25.8. The maximum Gasteiger partial charge on any atom is 0.275 e. The van der Waals surface area contributed by atoms with Gasteiger partial charge in [0, 0.05) is 5.56 Å². The van der Waals surface area contributed by atoms with Crippen LogP contribution in [0.25, 0.3) is 0 Å². The van der Waals surface area contributed by atoms with E-state index >= 15 is 0 Å². The average Bonchev–Trinajstić information content (AvgIpc) is 3.24. The molecule has 1 aromatic heterocycles. The van der Waals surface area contributed by atoms with Crippen LogP contribution in [-0.2, 0) is 16.0 Å². The number of rotatable bonds is 9. The van der Waals surface area contributed by atoms with E-state index < -0.39 is 6.04 Å². The molecular weight excluding hydrogens is 368 g/mol. The zero-order chi connectivity index (χ0) is 19.8. The molecule has 0 fully saturated rings. The summed E-state index contributed by atoms with van der Waals surface area (Å²) < 4.78 is 0. The van der Waals surface area contributed by atoms with E-state index in [4.69, 9.17) is 0 Å². The fourth-order valence-corrected chi connectivity index (χ4v) is 4.02. The van der Waals surface area contributed by atoms with Crippen LogP contribution in [0.4, 0.5) is 0 Å². The van der Waals surface area contributed by atoms with Gasteiger partial charge in [-0.25, -0.2) is 0 Å². The van der Waals surface area contributed by atoms with Gasteiger partial charge in [0.2, 0.25) is 0 Å². The lowest BCUT2D eigenvalue weighted by molar-refractivity contribution is -0.676. The maximum atomic E-state index is 12.6. The summed E-state index contributed by atoms with van der Waals surface area (Å²) in [6.07, 6.45) is 0.509. The van der Waals surface area contributed by atoms with E-state index in [-0.39, 0.29) is 24.3 Å². The first kappa shape index (κ1) is 20.0. The first-order valence-electron chi connectivity index (χ1n) is 9.39. The third-order valence-corrected chi connectivity index (χ3v) is 5.61. The molecule has 0 spiro atoms. The van der Waals surface area contributed by atoms with E-state index in [1.165, 1.54) is 11.8 Å². The third kappa shape index (κ3) is 5.62. The van der Waals surface area contributed by atoms with Crippen LogP contribution in [0.15, 0.2) is 78.2 Å². The molecule has 5 heteroatoms. The van der Waals surface area contributed by atoms with Gasteiger partial charge in [-0.15, -0.1) is 11.3 Å². The van der Waals surface area contributed by atoms with Gasteiger partial charge >= 0.3 is 0 Å². The molecule has 0 unspecified atom stereocenters. The molecular formula is C23H25N2O2S+. The number of carbonyl (C=O) groups excluding carboxylic acids is 2. The van der Waals surface area contributed by atoms with Crippen molar-refractivity contribution in [2.45, 2.75) is 25.4 Å². The summed E-state index contributed by atoms with van der Waals surface area (Å²) in [5.74, 6) is -0.163. The topological polar surface area (TPSA) is 62.8 Å². The number of ketones is 1. The van der Waals surface area contributed by atoms with Crippen LogP contribution in [0.1, 0.15) is 29.0 Å². The van der Waals surface area contributed by atoms with E-state index in [9.17, 15) is 9.59 Å². The fourth-order valence-electron chi connectivity index (χ4n) is 3.17. The molecule has 2 aromatic carbocycles. The van der Waals surface area contributed by atoms with Crippen LogP contribution < -0.4 is 10.6 Å². The third-order valence-electron chi connectivity index (χ3n) is 4.66. The van der Waals surface area contributed by atoms with Crippen LogP contribution in [0, 0.1) is 0 Å². The first-order valence-corrected chi connectivity index (χ1v) is 10.3. The molecule has 0 aliphatic heterocycles. The quantitative estimate of drug-likeness (QED) is 0.587. The minimum atomic E-state index is -0.500. The molecule has 3 aromatic rings. The second-order valence-electron chi connectivity index (χ2n) is 6.76. The Morgan fingerprint density at radius 1 is 0.964 bits per heavy atom. The number of hydrogen-bond donors (Lipinski definition) is 2. The van der Waals surface area contributed by atoms with Crippen LogP contribution in [0.3, 0.4) is 0 Å². The Hall–Kier alpha value is -2.76. The Morgan fingerprint density at radius 2 is 1.64 bits per heavy atom. The minimum absolute atomic E-state index is 0.0323. The smallest absolute Gasteiger partial charge is 0.275 e. The molecule has 0 radical (unpaired) electrons. The summed E-state index contributed by atoms with van der Waals surface area (Å²) in [6, 6.07) is 23.6. The predicted octanol–water partition coefficient (Wildman–Crippen LogP) is 2.72. The van der Waals surface area contributed by atoms with Gasteiger partial charge in [-0.2, -0.15) is 0 Å². The highest BCUT2D eigenvalue weighted by atomic mass is 32.1. The average molecular weight is 394 g/mol. The van der Waals surface area contributed by atoms with Crippen LogP contribution in [0.5, 0.6) is 0 Å². The van der Waals surface area contributed by atoms with E-state index in [1.54, 1.807) is 11.3 Å². The molecule has 4 nitrogen and oxygen atoms in total. The molecule has 3 rings (SSSR count). The van der Waals surface area contributed by atoms with Crippen molar-refractivity contribution in [2.24, 2.45) is 0 Å². The van der Waals surface area contributed by atoms with Crippen molar-refractivity contribution in [1.82, 2.24) is 5.32 Å². The molecule has 0 aliphatic rings. The first-order chi connectivity index (χ1) is 13.6. The number of nitrogens with two attached hydrogens (primary N) is 1. The van der Waals surface area contributed by atoms with Crippen molar-refractivity contribution in [2.75, 3.05) is 6.54 Å². The van der Waals surface area contributed by atoms with Gasteiger partial charge in [-0.1, -0.05) is 66.7 Å². The lowest BCUT2D eigenvalue weighted by Gasteiger charge is -2.18. The summed E-state index contributed by atoms with van der Waals surface area (Å²) in [5, 5.41) is 6.97. The Balaban J connectivity index is 1.63. The van der Waals surface area contributed by atoms with Crippen LogP contribution in [-0.4, -0.2) is 24.3 Å². The number of quaternary nitrogens is 1. The summed E-state index contributed by atoms with van der Waals surface area (Å²) in [7, 11) is 0. The molecule has 0 saturated heterocycles. The fraction of sp³-hybridized carbons (Fsp3) is 0.217. The van der Waals surface area contributed by atoms with Gasteiger partial charge in [0.15, 0.2) is 12.3 Å². The summed E-state index contributed by atoms with van der Waals surface area (Å²) >= 11 is 1.68. The SMILES string of the molecule is CC(=O)[C@H](Cc1ccccc1)NC(=O)C[NH2+][C@@H](c1ccccc1)c1cccs1. The lowest BCUT2D eigenvalue weighted by Crippen LogP contribution is -2.87. The van der Waals surface area contributed by atoms with Crippen molar-refractivity contribution < 1.29 is 14.9 Å². The number of benzene rings is 2. The molecule has 0 bridgehead atoms. The molecule has 1 heterocycles. The molecule has 2 atom stereocenters. The molecule has 3 N–H and O–H groups in total. The highest BCUT2D eigenvalue weighted by Crippen LogP contribution is 2.22. The number of hydrogen-bond acceptors (Lipinski definition) is 3. The Kier molecular flexibility index (Phi) is 7.12.